The van der Waals surface area contributed by atoms with E-state index in [0.29, 0.717) is 21.3 Å². The first-order valence-corrected chi connectivity index (χ1v) is 9.45. The fraction of sp³-hybridized carbons (Fsp3) is 0.263. The molecule has 0 atom stereocenters. The SMILES string of the molecule is CN(c1nnc(-c2cccc(C(N)=O)c2)s1)[C@]1(c2ncccc2F)C[C@@H](F)C1. The number of amides is 1. The summed E-state index contributed by atoms with van der Waals surface area (Å²) in [6, 6.07) is 9.60. The van der Waals surface area contributed by atoms with Crippen molar-refractivity contribution in [3.8, 4) is 10.6 Å². The number of hydrogen-bond acceptors (Lipinski definition) is 6. The van der Waals surface area contributed by atoms with E-state index < -0.39 is 23.4 Å². The van der Waals surface area contributed by atoms with Gasteiger partial charge in [0.05, 0.1) is 5.54 Å². The number of nitrogens with two attached hydrogens (primary N) is 1. The molecule has 144 valence electrons. The molecule has 1 saturated carbocycles. The molecule has 3 aromatic rings. The van der Waals surface area contributed by atoms with Crippen LogP contribution in [0.2, 0.25) is 0 Å². The highest BCUT2D eigenvalue weighted by Gasteiger charge is 2.52. The molecule has 2 N–H and O–H groups in total. The van der Waals surface area contributed by atoms with Crippen LogP contribution in [0.1, 0.15) is 28.9 Å². The van der Waals surface area contributed by atoms with Gasteiger partial charge in [-0.05, 0) is 24.3 Å². The van der Waals surface area contributed by atoms with E-state index in [0.717, 1.165) is 0 Å². The van der Waals surface area contributed by atoms with Gasteiger partial charge in [0.15, 0.2) is 0 Å². The Hall–Kier alpha value is -2.94. The lowest BCUT2D eigenvalue weighted by molar-refractivity contribution is 0.0870. The first kappa shape index (κ1) is 18.4. The minimum Gasteiger partial charge on any atom is -0.366 e. The molecule has 1 aliphatic carbocycles. The molecule has 0 bridgehead atoms. The number of carbonyl (C=O) groups is 1. The van der Waals surface area contributed by atoms with Gasteiger partial charge in [-0.15, -0.1) is 10.2 Å². The molecular weight excluding hydrogens is 384 g/mol. The summed E-state index contributed by atoms with van der Waals surface area (Å²) >= 11 is 1.27. The molecule has 0 saturated heterocycles. The number of alkyl halides is 1. The van der Waals surface area contributed by atoms with Crippen LogP contribution in [0.4, 0.5) is 13.9 Å². The molecule has 28 heavy (non-hydrogen) atoms. The largest absolute Gasteiger partial charge is 0.366 e. The lowest BCUT2D eigenvalue weighted by Crippen LogP contribution is -2.55. The minimum absolute atomic E-state index is 0.128. The Morgan fingerprint density at radius 3 is 2.75 bits per heavy atom. The summed E-state index contributed by atoms with van der Waals surface area (Å²) in [7, 11) is 1.74. The zero-order valence-electron chi connectivity index (χ0n) is 15.0. The van der Waals surface area contributed by atoms with Gasteiger partial charge in [0, 0.05) is 37.2 Å². The summed E-state index contributed by atoms with van der Waals surface area (Å²) in [5.74, 6) is -1.00. The fourth-order valence-electron chi connectivity index (χ4n) is 3.48. The van der Waals surface area contributed by atoms with Crippen LogP contribution < -0.4 is 10.6 Å². The van der Waals surface area contributed by atoms with Crippen molar-refractivity contribution in [3.63, 3.8) is 0 Å². The first-order chi connectivity index (χ1) is 13.4. The predicted octanol–water partition coefficient (Wildman–Crippen LogP) is 3.30. The molecule has 0 radical (unpaired) electrons. The van der Waals surface area contributed by atoms with Crippen LogP contribution in [0, 0.1) is 5.82 Å². The Labute approximate surface area is 164 Å². The Kier molecular flexibility index (Phi) is 4.54. The van der Waals surface area contributed by atoms with Gasteiger partial charge in [0.1, 0.15) is 22.7 Å². The minimum atomic E-state index is -1.02. The van der Waals surface area contributed by atoms with E-state index in [4.69, 9.17) is 5.73 Å². The number of halogens is 2. The molecule has 1 aliphatic rings. The molecule has 0 aliphatic heterocycles. The van der Waals surface area contributed by atoms with E-state index in [2.05, 4.69) is 15.2 Å². The van der Waals surface area contributed by atoms with Crippen LogP contribution >= 0.6 is 11.3 Å². The summed E-state index contributed by atoms with van der Waals surface area (Å²) < 4.78 is 28.3. The number of aromatic nitrogens is 3. The van der Waals surface area contributed by atoms with Crippen LogP contribution in [-0.2, 0) is 5.54 Å². The number of anilines is 1. The van der Waals surface area contributed by atoms with E-state index in [-0.39, 0.29) is 18.5 Å². The highest BCUT2D eigenvalue weighted by Crippen LogP contribution is 2.49. The average molecular weight is 401 g/mol. The highest BCUT2D eigenvalue weighted by molar-refractivity contribution is 7.18. The van der Waals surface area contributed by atoms with Crippen molar-refractivity contribution >= 4 is 22.4 Å². The third-order valence-electron chi connectivity index (χ3n) is 5.05. The van der Waals surface area contributed by atoms with E-state index in [1.54, 1.807) is 36.2 Å². The number of hydrogen-bond donors (Lipinski definition) is 1. The van der Waals surface area contributed by atoms with Crippen LogP contribution in [0.3, 0.4) is 0 Å². The zero-order valence-corrected chi connectivity index (χ0v) is 15.8. The number of benzene rings is 1. The molecule has 2 aromatic heterocycles. The van der Waals surface area contributed by atoms with Gasteiger partial charge in [0.25, 0.3) is 0 Å². The van der Waals surface area contributed by atoms with E-state index >= 15 is 0 Å². The average Bonchev–Trinajstić information content (AvgIpc) is 3.15. The number of carbonyl (C=O) groups excluding carboxylic acids is 1. The van der Waals surface area contributed by atoms with Crippen LogP contribution in [0.25, 0.3) is 10.6 Å². The van der Waals surface area contributed by atoms with Gasteiger partial charge >= 0.3 is 0 Å². The van der Waals surface area contributed by atoms with Gasteiger partial charge in [-0.25, -0.2) is 8.78 Å². The summed E-state index contributed by atoms with van der Waals surface area (Å²) in [6.45, 7) is 0. The van der Waals surface area contributed by atoms with Crippen molar-refractivity contribution < 1.29 is 13.6 Å². The quantitative estimate of drug-likeness (QED) is 0.709. The summed E-state index contributed by atoms with van der Waals surface area (Å²) in [6.07, 6.45) is 0.733. The van der Waals surface area contributed by atoms with Gasteiger partial charge < -0.3 is 10.6 Å². The second-order valence-electron chi connectivity index (χ2n) is 6.76. The molecular formula is C19H17F2N5OS. The molecule has 1 fully saturated rings. The molecule has 0 spiro atoms. The van der Waals surface area contributed by atoms with Crippen molar-refractivity contribution in [1.82, 2.24) is 15.2 Å². The van der Waals surface area contributed by atoms with Gasteiger partial charge in [-0.1, -0.05) is 23.5 Å². The van der Waals surface area contributed by atoms with Crippen molar-refractivity contribution in [2.75, 3.05) is 11.9 Å². The molecule has 6 nitrogen and oxygen atoms in total. The van der Waals surface area contributed by atoms with Gasteiger partial charge in [0.2, 0.25) is 11.0 Å². The lowest BCUT2D eigenvalue weighted by atomic mass is 9.71. The Balaban J connectivity index is 1.69. The van der Waals surface area contributed by atoms with Crippen molar-refractivity contribution in [2.24, 2.45) is 5.73 Å². The lowest BCUT2D eigenvalue weighted by Gasteiger charge is -2.49. The third-order valence-corrected chi connectivity index (χ3v) is 6.10. The Morgan fingerprint density at radius 1 is 1.29 bits per heavy atom. The van der Waals surface area contributed by atoms with E-state index in [1.807, 2.05) is 0 Å². The monoisotopic (exact) mass is 401 g/mol. The van der Waals surface area contributed by atoms with Crippen LogP contribution in [0.5, 0.6) is 0 Å². The molecule has 1 amide bonds. The second-order valence-corrected chi connectivity index (χ2v) is 7.72. The topological polar surface area (TPSA) is 85.0 Å². The smallest absolute Gasteiger partial charge is 0.248 e. The van der Waals surface area contributed by atoms with Crippen molar-refractivity contribution in [3.05, 3.63) is 59.7 Å². The molecule has 1 aromatic carbocycles. The Morgan fingerprint density at radius 2 is 2.07 bits per heavy atom. The standard InChI is InChI=1S/C19H17F2N5OS/c1-26(19(9-13(20)10-19)15-14(21)6-3-7-23-15)18-25-24-17(28-18)12-5-2-4-11(8-12)16(22)27/h2-8,13H,9-10H2,1H3,(H2,22,27)/t13-,19-. The molecule has 9 heteroatoms. The van der Waals surface area contributed by atoms with E-state index in [9.17, 15) is 13.6 Å². The normalized spacial score (nSPS) is 21.2. The maximum absolute atomic E-state index is 14.4. The zero-order chi connectivity index (χ0) is 19.9. The fourth-order valence-corrected chi connectivity index (χ4v) is 4.38. The number of primary amides is 1. The van der Waals surface area contributed by atoms with Gasteiger partial charge in [-0.3, -0.25) is 9.78 Å². The number of rotatable bonds is 5. The van der Waals surface area contributed by atoms with Crippen molar-refractivity contribution in [1.29, 1.82) is 0 Å². The van der Waals surface area contributed by atoms with E-state index in [1.165, 1.54) is 29.7 Å². The predicted molar refractivity (Wildman–Crippen MR) is 102 cm³/mol. The Bertz CT molecular complexity index is 1030. The first-order valence-electron chi connectivity index (χ1n) is 8.63. The third kappa shape index (κ3) is 3.01. The number of pyridine rings is 1. The molecule has 2 heterocycles. The molecule has 4 rings (SSSR count). The van der Waals surface area contributed by atoms with Crippen LogP contribution in [0.15, 0.2) is 42.6 Å². The van der Waals surface area contributed by atoms with Gasteiger partial charge in [-0.2, -0.15) is 0 Å². The maximum Gasteiger partial charge on any atom is 0.248 e. The summed E-state index contributed by atoms with van der Waals surface area (Å²) in [5, 5.41) is 9.47. The maximum atomic E-state index is 14.4. The molecule has 0 unspecified atom stereocenters. The van der Waals surface area contributed by atoms with Crippen molar-refractivity contribution in [2.45, 2.75) is 24.6 Å². The second kappa shape index (κ2) is 6.90. The summed E-state index contributed by atoms with van der Waals surface area (Å²) in [4.78, 5) is 17.3. The highest BCUT2D eigenvalue weighted by atomic mass is 32.1. The summed E-state index contributed by atoms with van der Waals surface area (Å²) in [5.41, 5.74) is 5.70. The number of nitrogens with zero attached hydrogens (tertiary/aromatic N) is 4. The van der Waals surface area contributed by atoms with Crippen LogP contribution in [-0.4, -0.2) is 34.3 Å².